The molecule has 0 saturated heterocycles. The Kier molecular flexibility index (Phi) is 2.94. The molecule has 5 heteroatoms. The van der Waals surface area contributed by atoms with Crippen molar-refractivity contribution in [2.75, 3.05) is 5.23 Å². The molecular weight excluding hydrogens is 180 g/mol. The van der Waals surface area contributed by atoms with Crippen molar-refractivity contribution in [1.29, 1.82) is 0 Å². The fourth-order valence-electron chi connectivity index (χ4n) is 0.880. The molecule has 0 spiro atoms. The van der Waals surface area contributed by atoms with E-state index in [1.165, 1.54) is 12.1 Å². The van der Waals surface area contributed by atoms with Crippen molar-refractivity contribution in [3.63, 3.8) is 0 Å². The van der Waals surface area contributed by atoms with Crippen molar-refractivity contribution < 1.29 is 19.2 Å². The molecule has 0 bridgehead atoms. The first-order valence-corrected chi connectivity index (χ1v) is 3.38. The molecule has 0 aliphatic carbocycles. The van der Waals surface area contributed by atoms with E-state index in [-0.39, 0.29) is 34.0 Å². The maximum absolute atomic E-state index is 12.1. The second kappa shape index (κ2) is 3.97. The van der Waals surface area contributed by atoms with Gasteiger partial charge in [-0.2, -0.15) is 0 Å². The van der Waals surface area contributed by atoms with Gasteiger partial charge < -0.3 is 0 Å². The smallest absolute Gasteiger partial charge is 0.0950 e. The third kappa shape index (κ3) is 2.01. The third-order valence-electron chi connectivity index (χ3n) is 1.54. The summed E-state index contributed by atoms with van der Waals surface area (Å²) in [5, 5.41) is 16.9. The monoisotopic (exact) mass is 187 g/mol. The van der Waals surface area contributed by atoms with Crippen LogP contribution in [-0.4, -0.2) is 10.4 Å². The Morgan fingerprint density at radius 1 is 1.08 bits per heavy atom. The van der Waals surface area contributed by atoms with Gasteiger partial charge in [-0.05, 0) is 18.2 Å². The summed E-state index contributed by atoms with van der Waals surface area (Å²) in [5.41, 5.74) is -0.0468. The van der Waals surface area contributed by atoms with Gasteiger partial charge in [0.05, 0.1) is 18.3 Å². The highest BCUT2D eigenvalue weighted by Gasteiger charge is 1.97. The number of halogens is 2. The van der Waals surface area contributed by atoms with E-state index in [1.54, 1.807) is 0 Å². The minimum absolute atomic E-state index is 0.0353. The van der Waals surface area contributed by atoms with Crippen LogP contribution >= 0.6 is 0 Å². The maximum Gasteiger partial charge on any atom is 0.0950 e. The normalized spacial score (nSPS) is 13.5. The highest BCUT2D eigenvalue weighted by atomic mass is 19.1. The van der Waals surface area contributed by atoms with Crippen LogP contribution in [0.15, 0.2) is 18.2 Å². The van der Waals surface area contributed by atoms with Gasteiger partial charge >= 0.3 is 0 Å². The number of anilines is 1. The highest BCUT2D eigenvalue weighted by molar-refractivity contribution is 5.43. The molecule has 0 aliphatic heterocycles. The molecule has 0 heterocycles. The van der Waals surface area contributed by atoms with Crippen molar-refractivity contribution in [1.82, 2.24) is 0 Å². The SMILES string of the molecule is ON(O)c1ccc(=CF)c(=CF)c1. The van der Waals surface area contributed by atoms with Crippen LogP contribution in [0, 0.1) is 0 Å². The Bertz CT molecular complexity index is 403. The first kappa shape index (κ1) is 9.63. The highest BCUT2D eigenvalue weighted by Crippen LogP contribution is 2.03. The van der Waals surface area contributed by atoms with Gasteiger partial charge in [-0.3, -0.25) is 10.4 Å². The van der Waals surface area contributed by atoms with Gasteiger partial charge in [0, 0.05) is 10.4 Å². The molecular formula is C8H7F2NO2. The lowest BCUT2D eigenvalue weighted by Crippen LogP contribution is -2.25. The molecule has 0 amide bonds. The van der Waals surface area contributed by atoms with Crippen LogP contribution in [0.5, 0.6) is 0 Å². The van der Waals surface area contributed by atoms with E-state index in [4.69, 9.17) is 10.4 Å². The Morgan fingerprint density at radius 3 is 2.15 bits per heavy atom. The van der Waals surface area contributed by atoms with Crippen LogP contribution in [0.1, 0.15) is 0 Å². The molecule has 70 valence electrons. The fraction of sp³-hybridized carbons (Fsp3) is 0. The van der Waals surface area contributed by atoms with Crippen molar-refractivity contribution in [2.24, 2.45) is 0 Å². The lowest BCUT2D eigenvalue weighted by atomic mass is 10.2. The zero-order valence-electron chi connectivity index (χ0n) is 6.48. The lowest BCUT2D eigenvalue weighted by Gasteiger charge is -2.06. The summed E-state index contributed by atoms with van der Waals surface area (Å²) in [4.78, 5) is 0. The van der Waals surface area contributed by atoms with E-state index in [9.17, 15) is 8.78 Å². The van der Waals surface area contributed by atoms with Gasteiger partial charge in [0.15, 0.2) is 0 Å². The van der Waals surface area contributed by atoms with E-state index >= 15 is 0 Å². The van der Waals surface area contributed by atoms with E-state index in [0.29, 0.717) is 0 Å². The van der Waals surface area contributed by atoms with Gasteiger partial charge in [0.2, 0.25) is 0 Å². The summed E-state index contributed by atoms with van der Waals surface area (Å²) in [6.07, 6.45) is 0.409. The van der Waals surface area contributed by atoms with Crippen LogP contribution in [-0.2, 0) is 0 Å². The van der Waals surface area contributed by atoms with Gasteiger partial charge in [-0.1, -0.05) is 0 Å². The predicted octanol–water partition coefficient (Wildman–Crippen LogP) is 0.686. The molecule has 0 atom stereocenters. The molecule has 2 N–H and O–H groups in total. The third-order valence-corrected chi connectivity index (χ3v) is 1.54. The molecule has 3 nitrogen and oxygen atoms in total. The number of benzene rings is 1. The Labute approximate surface area is 72.4 Å². The zero-order chi connectivity index (χ0) is 9.84. The second-order valence-corrected chi connectivity index (χ2v) is 2.32. The Morgan fingerprint density at radius 2 is 1.69 bits per heavy atom. The van der Waals surface area contributed by atoms with Gasteiger partial charge in [0.25, 0.3) is 0 Å². The summed E-state index contributed by atoms with van der Waals surface area (Å²) in [7, 11) is 0. The summed E-state index contributed by atoms with van der Waals surface area (Å²) in [5.74, 6) is 0. The molecule has 0 saturated carbocycles. The van der Waals surface area contributed by atoms with Crippen molar-refractivity contribution in [3.05, 3.63) is 28.6 Å². The quantitative estimate of drug-likeness (QED) is 0.635. The molecule has 0 fully saturated rings. The van der Waals surface area contributed by atoms with Gasteiger partial charge in [-0.25, -0.2) is 8.78 Å². The van der Waals surface area contributed by atoms with Crippen molar-refractivity contribution in [3.8, 4) is 0 Å². The second-order valence-electron chi connectivity index (χ2n) is 2.32. The van der Waals surface area contributed by atoms with Crippen molar-refractivity contribution in [2.45, 2.75) is 0 Å². The molecule has 0 aromatic heterocycles. The predicted molar refractivity (Wildman–Crippen MR) is 42.9 cm³/mol. The summed E-state index contributed by atoms with van der Waals surface area (Å²) in [6, 6.07) is 3.55. The van der Waals surface area contributed by atoms with Gasteiger partial charge in [0.1, 0.15) is 0 Å². The number of hydrogen-bond acceptors (Lipinski definition) is 3. The molecule has 0 radical (unpaired) electrons. The molecule has 1 rings (SSSR count). The summed E-state index contributed by atoms with van der Waals surface area (Å²) >= 11 is 0. The molecule has 13 heavy (non-hydrogen) atoms. The topological polar surface area (TPSA) is 43.7 Å². The van der Waals surface area contributed by atoms with Crippen LogP contribution in [0.4, 0.5) is 14.5 Å². The summed E-state index contributed by atoms with van der Waals surface area (Å²) in [6.45, 7) is 0. The number of rotatable bonds is 1. The van der Waals surface area contributed by atoms with E-state index in [2.05, 4.69) is 0 Å². The van der Waals surface area contributed by atoms with Crippen molar-refractivity contribution >= 4 is 18.3 Å². The minimum Gasteiger partial charge on any atom is -0.264 e. The first-order chi connectivity index (χ1) is 6.19. The van der Waals surface area contributed by atoms with Gasteiger partial charge in [-0.15, -0.1) is 5.23 Å². The largest absolute Gasteiger partial charge is 0.264 e. The van der Waals surface area contributed by atoms with E-state index in [0.717, 1.165) is 6.07 Å². The van der Waals surface area contributed by atoms with Crippen LogP contribution in [0.3, 0.4) is 0 Å². The molecule has 0 unspecified atom stereocenters. The average Bonchev–Trinajstić information content (AvgIpc) is 2.16. The number of nitrogens with zero attached hydrogens (tertiary/aromatic N) is 1. The molecule has 1 aromatic rings. The first-order valence-electron chi connectivity index (χ1n) is 3.38. The Hall–Kier alpha value is -1.46. The lowest BCUT2D eigenvalue weighted by molar-refractivity contribution is 0.0291. The summed E-state index contributed by atoms with van der Waals surface area (Å²) < 4.78 is 24.2. The molecule has 0 aliphatic rings. The van der Waals surface area contributed by atoms with E-state index < -0.39 is 0 Å². The zero-order valence-corrected chi connectivity index (χ0v) is 6.48. The van der Waals surface area contributed by atoms with Crippen LogP contribution < -0.4 is 15.7 Å². The Balaban J connectivity index is 3.40. The average molecular weight is 187 g/mol. The van der Waals surface area contributed by atoms with E-state index in [1.807, 2.05) is 0 Å². The van der Waals surface area contributed by atoms with Crippen LogP contribution in [0.25, 0.3) is 12.7 Å². The minimum atomic E-state index is -0.172. The van der Waals surface area contributed by atoms with Crippen LogP contribution in [0.2, 0.25) is 0 Å². The fourth-order valence-corrected chi connectivity index (χ4v) is 0.880. The standard InChI is InChI=1S/C8H7F2NO2/c9-4-6-1-2-8(11(12)13)3-7(6)5-10/h1-5,12-13H. The number of hydrogen-bond donors (Lipinski definition) is 2. The molecule has 1 aromatic carbocycles. The maximum atomic E-state index is 12.1.